The van der Waals surface area contributed by atoms with E-state index < -0.39 is 47.4 Å². The van der Waals surface area contributed by atoms with Gasteiger partial charge in [0.25, 0.3) is 0 Å². The van der Waals surface area contributed by atoms with Gasteiger partial charge in [0.15, 0.2) is 6.10 Å². The zero-order valence-corrected chi connectivity index (χ0v) is 31.0. The van der Waals surface area contributed by atoms with Crippen molar-refractivity contribution in [3.8, 4) is 5.75 Å². The molecule has 2 heterocycles. The molecule has 2 aromatic carbocycles. The number of alkyl halides is 1. The lowest BCUT2D eigenvalue weighted by molar-refractivity contribution is -0.187. The molecule has 0 aliphatic carbocycles. The number of nitrogens with one attached hydrogen (secondary N) is 2. The van der Waals surface area contributed by atoms with Crippen molar-refractivity contribution in [2.75, 3.05) is 20.3 Å². The number of esters is 2. The number of hydrogen-bond acceptors (Lipinski definition) is 8. The summed E-state index contributed by atoms with van der Waals surface area (Å²) in [5.41, 5.74) is 1.48. The highest BCUT2D eigenvalue weighted by Crippen LogP contribution is 2.42. The molecule has 2 amide bonds. The second-order valence-electron chi connectivity index (χ2n) is 14.1. The number of carbonyl (C=O) groups excluding carboxylic acids is 4. The van der Waals surface area contributed by atoms with E-state index in [0.29, 0.717) is 28.8 Å². The fraction of sp³-hybridized carbons (Fsp3) is 0.526. The molecule has 1 unspecified atom stereocenters. The third kappa shape index (κ3) is 10.2. The summed E-state index contributed by atoms with van der Waals surface area (Å²) in [5, 5.41) is 5.93. The van der Waals surface area contributed by atoms with Gasteiger partial charge in [-0.1, -0.05) is 68.8 Å². The molecule has 2 N–H and O–H groups in total. The van der Waals surface area contributed by atoms with Crippen molar-refractivity contribution in [2.24, 2.45) is 23.2 Å². The van der Waals surface area contributed by atoms with Crippen molar-refractivity contribution in [2.45, 2.75) is 84.1 Å². The first-order valence-electron chi connectivity index (χ1n) is 17.0. The number of rotatable bonds is 9. The van der Waals surface area contributed by atoms with Crippen LogP contribution in [0.2, 0.25) is 5.02 Å². The summed E-state index contributed by atoms with van der Waals surface area (Å²) < 4.78 is 23.2. The second kappa shape index (κ2) is 17.6. The molecule has 272 valence electrons. The van der Waals surface area contributed by atoms with Gasteiger partial charge in [0.05, 0.1) is 30.3 Å². The standard InChI is InChI=1S/C38H48Cl2N2O8/c1-22(2)16-32-36(45)49-30(23(3)27-20-48-34(27)26-13-10-24(19-39)11-14-26)8-7-9-33(43)42-29(18-25-12-15-31(47-6)28(40)17-25)35(44)41-21-38(4,5)37(46)50-32/h7,9-15,17,22-23,27,29-30,32,34H,8,16,18-21H2,1-6H3,(H,41,44)(H,42,43)/b9-7+/t23?,27-,29-,30+,32+,34-/m1/s1. The maximum Gasteiger partial charge on any atom is 0.347 e. The molecule has 0 bridgehead atoms. The molecule has 0 aromatic heterocycles. The SMILES string of the molecule is COc1ccc(C[C@H]2NC(=O)/C=C/C[C@@H](C(C)[C@H]3CO[C@@H]3c3ccc(CCl)cc3)OC(=O)[C@H](CC(C)C)OC(=O)C(C)(C)CNC2=O)cc1Cl. The fourth-order valence-corrected chi connectivity index (χ4v) is 6.42. The normalized spacial score (nSPS) is 26.1. The first-order valence-corrected chi connectivity index (χ1v) is 17.9. The highest BCUT2D eigenvalue weighted by Gasteiger charge is 2.43. The van der Waals surface area contributed by atoms with E-state index in [1.54, 1.807) is 38.1 Å². The highest BCUT2D eigenvalue weighted by molar-refractivity contribution is 6.32. The summed E-state index contributed by atoms with van der Waals surface area (Å²) in [5.74, 6) is -1.59. The molecule has 0 radical (unpaired) electrons. The summed E-state index contributed by atoms with van der Waals surface area (Å²) in [7, 11) is 1.51. The van der Waals surface area contributed by atoms with E-state index in [2.05, 4.69) is 10.6 Å². The molecule has 12 heteroatoms. The number of amides is 2. The quantitative estimate of drug-likeness (QED) is 0.234. The zero-order chi connectivity index (χ0) is 36.6. The van der Waals surface area contributed by atoms with Crippen LogP contribution in [-0.4, -0.2) is 62.3 Å². The van der Waals surface area contributed by atoms with E-state index >= 15 is 0 Å². The second-order valence-corrected chi connectivity index (χ2v) is 14.8. The number of methoxy groups -OCH3 is 1. The van der Waals surface area contributed by atoms with Crippen LogP contribution in [0.1, 0.15) is 70.3 Å². The van der Waals surface area contributed by atoms with E-state index in [0.717, 1.165) is 11.1 Å². The highest BCUT2D eigenvalue weighted by atomic mass is 35.5. The van der Waals surface area contributed by atoms with E-state index in [-0.39, 0.29) is 49.7 Å². The minimum atomic E-state index is -1.21. The van der Waals surface area contributed by atoms with Crippen LogP contribution in [0, 0.1) is 23.2 Å². The molecule has 0 saturated carbocycles. The van der Waals surface area contributed by atoms with Gasteiger partial charge in [0, 0.05) is 37.1 Å². The summed E-state index contributed by atoms with van der Waals surface area (Å²) in [6.07, 6.45) is 1.52. The molecule has 1 fully saturated rings. The van der Waals surface area contributed by atoms with Crippen molar-refractivity contribution in [1.82, 2.24) is 10.6 Å². The number of benzene rings is 2. The summed E-state index contributed by atoms with van der Waals surface area (Å²) in [6.45, 7) is 9.45. The van der Waals surface area contributed by atoms with Crippen LogP contribution in [0.4, 0.5) is 0 Å². The Morgan fingerprint density at radius 1 is 1.00 bits per heavy atom. The third-order valence-electron chi connectivity index (χ3n) is 9.23. The van der Waals surface area contributed by atoms with Gasteiger partial charge >= 0.3 is 11.9 Å². The molecule has 4 rings (SSSR count). The molecular formula is C38H48Cl2N2O8. The van der Waals surface area contributed by atoms with Crippen molar-refractivity contribution < 1.29 is 38.1 Å². The van der Waals surface area contributed by atoms with E-state index in [1.807, 2.05) is 45.0 Å². The average molecular weight is 732 g/mol. The molecule has 2 aliphatic heterocycles. The molecule has 10 nitrogen and oxygen atoms in total. The van der Waals surface area contributed by atoms with Crippen LogP contribution in [-0.2, 0) is 45.7 Å². The van der Waals surface area contributed by atoms with Crippen molar-refractivity contribution in [3.63, 3.8) is 0 Å². The van der Waals surface area contributed by atoms with Gasteiger partial charge in [0.2, 0.25) is 11.8 Å². The van der Waals surface area contributed by atoms with E-state index in [9.17, 15) is 19.2 Å². The van der Waals surface area contributed by atoms with Gasteiger partial charge in [-0.05, 0) is 61.1 Å². The maximum absolute atomic E-state index is 13.7. The Balaban J connectivity index is 1.62. The lowest BCUT2D eigenvalue weighted by atomic mass is 9.78. The van der Waals surface area contributed by atoms with Crippen molar-refractivity contribution >= 4 is 47.0 Å². The van der Waals surface area contributed by atoms with Crippen molar-refractivity contribution in [3.05, 3.63) is 76.3 Å². The van der Waals surface area contributed by atoms with Crippen LogP contribution in [0.3, 0.4) is 0 Å². The minimum absolute atomic E-state index is 0.0110. The van der Waals surface area contributed by atoms with Crippen LogP contribution < -0.4 is 15.4 Å². The van der Waals surface area contributed by atoms with Crippen LogP contribution >= 0.6 is 23.2 Å². The average Bonchev–Trinajstić information content (AvgIpc) is 3.05. The molecule has 0 spiro atoms. The number of cyclic esters (lactones) is 2. The number of ether oxygens (including phenoxy) is 4. The van der Waals surface area contributed by atoms with Crippen LogP contribution in [0.25, 0.3) is 0 Å². The molecule has 50 heavy (non-hydrogen) atoms. The zero-order valence-electron chi connectivity index (χ0n) is 29.5. The van der Waals surface area contributed by atoms with E-state index in [4.69, 9.17) is 42.1 Å². The molecule has 6 atom stereocenters. The minimum Gasteiger partial charge on any atom is -0.495 e. The lowest BCUT2D eigenvalue weighted by Gasteiger charge is -2.43. The first-order chi connectivity index (χ1) is 23.7. The Morgan fingerprint density at radius 3 is 2.30 bits per heavy atom. The summed E-state index contributed by atoms with van der Waals surface area (Å²) in [4.78, 5) is 54.0. The predicted octanol–water partition coefficient (Wildman–Crippen LogP) is 6.11. The Morgan fingerprint density at radius 2 is 1.70 bits per heavy atom. The summed E-state index contributed by atoms with van der Waals surface area (Å²) >= 11 is 12.3. The smallest absolute Gasteiger partial charge is 0.347 e. The molecule has 2 aliphatic rings. The molecule has 2 aromatic rings. The largest absolute Gasteiger partial charge is 0.495 e. The predicted molar refractivity (Wildman–Crippen MR) is 191 cm³/mol. The Labute approximate surface area is 304 Å². The fourth-order valence-electron chi connectivity index (χ4n) is 5.97. The number of halogens is 2. The van der Waals surface area contributed by atoms with Crippen LogP contribution in [0.15, 0.2) is 54.6 Å². The van der Waals surface area contributed by atoms with E-state index in [1.165, 1.54) is 13.2 Å². The maximum atomic E-state index is 13.7. The number of carbonyl (C=O) groups is 4. The monoisotopic (exact) mass is 730 g/mol. The Kier molecular flexibility index (Phi) is 13.8. The van der Waals surface area contributed by atoms with Gasteiger partial charge in [-0.3, -0.25) is 14.4 Å². The third-order valence-corrected chi connectivity index (χ3v) is 9.83. The van der Waals surface area contributed by atoms with Gasteiger partial charge in [-0.25, -0.2) is 4.79 Å². The topological polar surface area (TPSA) is 129 Å². The first kappa shape index (κ1) is 39.2. The molecule has 1 saturated heterocycles. The summed E-state index contributed by atoms with van der Waals surface area (Å²) in [6, 6.07) is 12.0. The van der Waals surface area contributed by atoms with Crippen LogP contribution in [0.5, 0.6) is 5.75 Å². The van der Waals surface area contributed by atoms with Gasteiger partial charge in [-0.15, -0.1) is 11.6 Å². The van der Waals surface area contributed by atoms with Crippen molar-refractivity contribution in [1.29, 1.82) is 0 Å². The number of hydrogen-bond donors (Lipinski definition) is 2. The Hall–Kier alpha value is -3.60. The lowest BCUT2D eigenvalue weighted by Crippen LogP contribution is -2.51. The Bertz CT molecular complexity index is 1540. The van der Waals surface area contributed by atoms with Gasteiger partial charge in [-0.2, -0.15) is 0 Å². The van der Waals surface area contributed by atoms with Gasteiger partial charge < -0.3 is 29.6 Å². The molecular weight excluding hydrogens is 683 g/mol. The van der Waals surface area contributed by atoms with Gasteiger partial charge in [0.1, 0.15) is 17.9 Å².